The van der Waals surface area contributed by atoms with Crippen molar-refractivity contribution in [1.29, 1.82) is 0 Å². The molecule has 8 atom stereocenters. The number of aromatic hydroxyl groups is 2. The molecule has 0 spiro atoms. The van der Waals surface area contributed by atoms with E-state index in [1.54, 1.807) is 6.92 Å². The fourth-order valence-corrected chi connectivity index (χ4v) is 8.40. The maximum absolute atomic E-state index is 14.9. The first kappa shape index (κ1) is 40.1. The van der Waals surface area contributed by atoms with Gasteiger partial charge in [0.25, 0.3) is 0 Å². The van der Waals surface area contributed by atoms with Crippen LogP contribution in [-0.2, 0) is 40.4 Å². The molecule has 2 aromatic carbocycles. The molecular weight excluding hydrogens is 724 g/mol. The van der Waals surface area contributed by atoms with Gasteiger partial charge >= 0.3 is 5.97 Å². The number of phenolic OH excluding ortho intramolecular Hbond substituents is 2. The highest BCUT2D eigenvalue weighted by Gasteiger charge is 2.72. The number of aliphatic hydroxyl groups excluding tert-OH is 2. The van der Waals surface area contributed by atoms with Crippen molar-refractivity contribution < 1.29 is 73.1 Å². The van der Waals surface area contributed by atoms with Crippen molar-refractivity contribution in [1.82, 2.24) is 5.32 Å². The zero-order valence-corrected chi connectivity index (χ0v) is 31.3. The van der Waals surface area contributed by atoms with E-state index in [-0.39, 0.29) is 40.2 Å². The van der Waals surface area contributed by atoms with Crippen LogP contribution >= 0.6 is 0 Å². The number of rotatable bonds is 10. The van der Waals surface area contributed by atoms with Gasteiger partial charge in [-0.2, -0.15) is 0 Å². The quantitative estimate of drug-likeness (QED) is 0.141. The smallest absolute Gasteiger partial charge is 0.341 e. The minimum absolute atomic E-state index is 0.0135. The number of fused-ring (bicyclic) bond motifs is 5. The monoisotopic (exact) mass is 768 g/mol. The number of hydrogen-bond acceptors (Lipinski definition) is 17. The number of ether oxygens (including phenoxy) is 6. The van der Waals surface area contributed by atoms with E-state index >= 15 is 0 Å². The van der Waals surface area contributed by atoms with Gasteiger partial charge in [0, 0.05) is 64.7 Å². The Morgan fingerprint density at radius 3 is 2.29 bits per heavy atom. The largest absolute Gasteiger partial charge is 0.507 e. The van der Waals surface area contributed by atoms with E-state index < -0.39 is 111 Å². The Balaban J connectivity index is 1.56. The van der Waals surface area contributed by atoms with Gasteiger partial charge in [-0.3, -0.25) is 19.4 Å². The topological polar surface area (TPSA) is 249 Å². The van der Waals surface area contributed by atoms with E-state index in [2.05, 4.69) is 10.3 Å². The van der Waals surface area contributed by atoms with Crippen molar-refractivity contribution in [2.24, 2.45) is 4.99 Å². The highest BCUT2D eigenvalue weighted by Crippen LogP contribution is 2.56. The molecule has 1 fully saturated rings. The molecular formula is C38H44N2O15. The lowest BCUT2D eigenvalue weighted by atomic mass is 9.56. The van der Waals surface area contributed by atoms with E-state index in [1.165, 1.54) is 40.4 Å². The van der Waals surface area contributed by atoms with Gasteiger partial charge in [-0.1, -0.05) is 6.07 Å². The van der Waals surface area contributed by atoms with Crippen molar-refractivity contribution in [3.8, 4) is 11.5 Å². The third kappa shape index (κ3) is 5.71. The minimum atomic E-state index is -3.20. The van der Waals surface area contributed by atoms with E-state index in [0.717, 1.165) is 20.3 Å². The summed E-state index contributed by atoms with van der Waals surface area (Å²) in [5.41, 5.74) is -8.78. The zero-order chi connectivity index (χ0) is 40.3. The number of Topliss-reactive ketones (excluding diaryl/α,β-unsaturated/α-hetero) is 3. The lowest BCUT2D eigenvalue weighted by Gasteiger charge is -2.53. The number of aryl methyl sites for hydroxylation is 1. The van der Waals surface area contributed by atoms with Crippen LogP contribution in [0.5, 0.6) is 11.5 Å². The number of benzene rings is 2. The number of carbonyl (C=O) groups excluding carboxylic acids is 4. The minimum Gasteiger partial charge on any atom is -0.507 e. The van der Waals surface area contributed by atoms with Gasteiger partial charge in [-0.15, -0.1) is 0 Å². The zero-order valence-electron chi connectivity index (χ0n) is 31.3. The molecule has 5 unspecified atom stereocenters. The molecule has 1 heterocycles. The lowest BCUT2D eigenvalue weighted by molar-refractivity contribution is -0.236. The fraction of sp³-hybridized carbons (Fsp3) is 0.500. The van der Waals surface area contributed by atoms with Crippen LogP contribution in [0.25, 0.3) is 0 Å². The number of hydrogen-bond donors (Lipinski definition) is 6. The lowest BCUT2D eigenvalue weighted by Crippen LogP contribution is -2.73. The van der Waals surface area contributed by atoms with Crippen LogP contribution in [0, 0.1) is 6.92 Å². The number of allylic oxidation sites excluding steroid dienone is 2. The van der Waals surface area contributed by atoms with Crippen LogP contribution in [0.1, 0.15) is 77.0 Å². The summed E-state index contributed by atoms with van der Waals surface area (Å²) < 4.78 is 32.5. The summed E-state index contributed by atoms with van der Waals surface area (Å²) in [5, 5.41) is 61.7. The predicted molar refractivity (Wildman–Crippen MR) is 190 cm³/mol. The number of aliphatic imine (C=N–C) groups is 1. The SMILES string of the molecule is COCCCN=C1C=C(NC2OC(C)C(OC)C(O)C2OC)C(=O)c2cc3c(c(O)c21)C(=O)[C@]1(OC)[C@H](O)Cc2cc(C)c(C(=O)OC)c(O)c2[C@]1(O)C3=O. The molecule has 0 bridgehead atoms. The van der Waals surface area contributed by atoms with Crippen LogP contribution in [0.3, 0.4) is 0 Å². The molecule has 17 nitrogen and oxygen atoms in total. The molecule has 0 amide bonds. The molecule has 0 radical (unpaired) electrons. The molecule has 3 aliphatic carbocycles. The van der Waals surface area contributed by atoms with Crippen molar-refractivity contribution in [2.45, 2.75) is 74.6 Å². The van der Waals surface area contributed by atoms with Gasteiger partial charge in [0.1, 0.15) is 35.4 Å². The third-order valence-electron chi connectivity index (χ3n) is 11.0. The molecule has 296 valence electrons. The Morgan fingerprint density at radius 2 is 1.67 bits per heavy atom. The Kier molecular flexibility index (Phi) is 10.8. The summed E-state index contributed by atoms with van der Waals surface area (Å²) in [5.74, 6) is -6.11. The van der Waals surface area contributed by atoms with Crippen molar-refractivity contribution in [3.63, 3.8) is 0 Å². The average Bonchev–Trinajstić information content (AvgIpc) is 3.14. The summed E-state index contributed by atoms with van der Waals surface area (Å²) >= 11 is 0. The maximum atomic E-state index is 14.9. The molecule has 6 N–H and O–H groups in total. The number of phenols is 2. The maximum Gasteiger partial charge on any atom is 0.341 e. The summed E-state index contributed by atoms with van der Waals surface area (Å²) in [6.07, 6.45) is -5.35. The van der Waals surface area contributed by atoms with Gasteiger partial charge in [0.15, 0.2) is 17.4 Å². The van der Waals surface area contributed by atoms with Gasteiger partial charge < -0.3 is 59.3 Å². The second-order valence-electron chi connectivity index (χ2n) is 13.8. The van der Waals surface area contributed by atoms with Crippen molar-refractivity contribution in [3.05, 3.63) is 68.4 Å². The fourth-order valence-electron chi connectivity index (χ4n) is 8.40. The first-order chi connectivity index (χ1) is 26.1. The molecule has 0 saturated carbocycles. The predicted octanol–water partition coefficient (Wildman–Crippen LogP) is 0.393. The van der Waals surface area contributed by atoms with Gasteiger partial charge in [0.2, 0.25) is 17.3 Å². The second kappa shape index (κ2) is 14.8. The summed E-state index contributed by atoms with van der Waals surface area (Å²) in [6, 6.07) is 2.39. The molecule has 55 heavy (non-hydrogen) atoms. The number of nitrogens with one attached hydrogen (secondary N) is 1. The molecule has 6 rings (SSSR count). The van der Waals surface area contributed by atoms with E-state index in [9.17, 15) is 44.7 Å². The van der Waals surface area contributed by atoms with Crippen molar-refractivity contribution in [2.75, 3.05) is 48.7 Å². The Morgan fingerprint density at radius 1 is 0.982 bits per heavy atom. The third-order valence-corrected chi connectivity index (χ3v) is 11.0. The summed E-state index contributed by atoms with van der Waals surface area (Å²) in [6.45, 7) is 3.59. The Hall–Kier alpha value is -4.59. The van der Waals surface area contributed by atoms with Crippen LogP contribution in [-0.4, -0.2) is 146 Å². The highest BCUT2D eigenvalue weighted by molar-refractivity contribution is 6.31. The molecule has 2 aromatic rings. The standard InChI is InChI=1S/C38H44N2O15/c1-15-11-17-12-22(41)38(54-7)34(47)25-19(33(46)37(38,49)26(17)29(44)23(15)36(48)53-6)13-18-24(28(25)43)20(39-9-8-10-50-3)14-21(27(18)42)40-35-32(52-5)30(45)31(51-4)16(2)55-35/h11,13-14,16,22,30-32,35,40-41,43-45,49H,8-10,12H2,1-7H3/t16?,22-,30?,31?,32?,35?,37+,38-/m1/s1. The van der Waals surface area contributed by atoms with E-state index in [0.29, 0.717) is 13.0 Å². The molecule has 0 aromatic heterocycles. The summed E-state index contributed by atoms with van der Waals surface area (Å²) in [4.78, 5) is 61.4. The Bertz CT molecular complexity index is 2030. The molecule has 1 saturated heterocycles. The average molecular weight is 769 g/mol. The van der Waals surface area contributed by atoms with E-state index in [1.807, 2.05) is 0 Å². The van der Waals surface area contributed by atoms with Gasteiger partial charge in [-0.25, -0.2) is 4.79 Å². The molecule has 1 aliphatic heterocycles. The van der Waals surface area contributed by atoms with Crippen LogP contribution in [0.2, 0.25) is 0 Å². The number of methoxy groups -OCH3 is 5. The van der Waals surface area contributed by atoms with Crippen LogP contribution in [0.4, 0.5) is 0 Å². The van der Waals surface area contributed by atoms with Crippen LogP contribution in [0.15, 0.2) is 28.9 Å². The van der Waals surface area contributed by atoms with Gasteiger partial charge in [-0.05, 0) is 43.5 Å². The Labute approximate surface area is 315 Å². The molecule has 17 heteroatoms. The number of ketones is 3. The number of nitrogens with zero attached hydrogens (tertiary/aromatic N) is 1. The van der Waals surface area contributed by atoms with Gasteiger partial charge in [0.05, 0.1) is 41.9 Å². The van der Waals surface area contributed by atoms with Crippen molar-refractivity contribution >= 4 is 29.0 Å². The number of esters is 1. The van der Waals surface area contributed by atoms with E-state index in [4.69, 9.17) is 28.4 Å². The normalized spacial score (nSPS) is 30.6. The van der Waals surface area contributed by atoms with Crippen LogP contribution < -0.4 is 5.32 Å². The first-order valence-electron chi connectivity index (χ1n) is 17.5. The molecule has 4 aliphatic rings. The first-order valence-corrected chi connectivity index (χ1v) is 17.5. The number of carbonyl (C=O) groups is 4. The summed E-state index contributed by atoms with van der Waals surface area (Å²) in [7, 11) is 6.29. The highest BCUT2D eigenvalue weighted by atomic mass is 16.6. The second-order valence-corrected chi connectivity index (χ2v) is 13.8. The number of aliphatic hydroxyl groups is 3.